The molecule has 0 aliphatic heterocycles. The SMILES string of the molecule is Nc1cc[n+](Cc2ccc(Cl)cc2)cc1. The summed E-state index contributed by atoms with van der Waals surface area (Å²) in [5.74, 6) is 0. The number of halogens is 1. The van der Waals surface area contributed by atoms with Crippen molar-refractivity contribution in [2.75, 3.05) is 5.73 Å². The third-order valence-corrected chi connectivity index (χ3v) is 2.45. The van der Waals surface area contributed by atoms with Crippen LogP contribution in [-0.2, 0) is 6.54 Å². The highest BCUT2D eigenvalue weighted by Crippen LogP contribution is 2.09. The van der Waals surface area contributed by atoms with Crippen LogP contribution < -0.4 is 10.3 Å². The molecule has 1 heterocycles. The molecule has 2 N–H and O–H groups in total. The fourth-order valence-electron chi connectivity index (χ4n) is 1.37. The molecule has 2 aromatic rings. The summed E-state index contributed by atoms with van der Waals surface area (Å²) in [6.07, 6.45) is 3.92. The minimum absolute atomic E-state index is 0.765. The van der Waals surface area contributed by atoms with Gasteiger partial charge >= 0.3 is 0 Å². The van der Waals surface area contributed by atoms with Crippen molar-refractivity contribution in [1.82, 2.24) is 0 Å². The molecule has 3 heteroatoms. The van der Waals surface area contributed by atoms with E-state index in [2.05, 4.69) is 4.57 Å². The molecule has 0 fully saturated rings. The molecule has 0 aliphatic carbocycles. The van der Waals surface area contributed by atoms with Crippen molar-refractivity contribution >= 4 is 17.3 Å². The van der Waals surface area contributed by atoms with Crippen molar-refractivity contribution in [3.8, 4) is 0 Å². The highest BCUT2D eigenvalue weighted by molar-refractivity contribution is 6.30. The molecule has 0 atom stereocenters. The minimum Gasteiger partial charge on any atom is -0.398 e. The predicted octanol–water partition coefficient (Wildman–Crippen LogP) is 2.26. The molecule has 1 aromatic carbocycles. The van der Waals surface area contributed by atoms with E-state index in [0.717, 1.165) is 17.3 Å². The molecule has 2 rings (SSSR count). The Balaban J connectivity index is 2.15. The molecular weight excluding hydrogens is 208 g/mol. The van der Waals surface area contributed by atoms with Crippen LogP contribution in [0.4, 0.5) is 5.69 Å². The topological polar surface area (TPSA) is 29.9 Å². The summed E-state index contributed by atoms with van der Waals surface area (Å²) < 4.78 is 2.07. The van der Waals surface area contributed by atoms with Crippen LogP contribution in [0.15, 0.2) is 48.8 Å². The number of nitrogens with zero attached hydrogens (tertiary/aromatic N) is 1. The Morgan fingerprint density at radius 2 is 1.60 bits per heavy atom. The second-order valence-electron chi connectivity index (χ2n) is 3.43. The fourth-order valence-corrected chi connectivity index (χ4v) is 1.50. The quantitative estimate of drug-likeness (QED) is 0.772. The summed E-state index contributed by atoms with van der Waals surface area (Å²) in [5.41, 5.74) is 7.61. The van der Waals surface area contributed by atoms with Crippen molar-refractivity contribution in [2.45, 2.75) is 6.54 Å². The maximum absolute atomic E-state index is 5.81. The van der Waals surface area contributed by atoms with Gasteiger partial charge in [0, 0.05) is 28.4 Å². The van der Waals surface area contributed by atoms with E-state index in [0.29, 0.717) is 0 Å². The van der Waals surface area contributed by atoms with Crippen LogP contribution in [0.3, 0.4) is 0 Å². The van der Waals surface area contributed by atoms with Crippen LogP contribution in [0.25, 0.3) is 0 Å². The first kappa shape index (κ1) is 9.99. The number of rotatable bonds is 2. The average molecular weight is 220 g/mol. The van der Waals surface area contributed by atoms with Gasteiger partial charge in [-0.15, -0.1) is 0 Å². The zero-order valence-corrected chi connectivity index (χ0v) is 8.98. The summed E-state index contributed by atoms with van der Waals surface area (Å²) in [6, 6.07) is 11.6. The van der Waals surface area contributed by atoms with Gasteiger partial charge in [-0.2, -0.15) is 0 Å². The van der Waals surface area contributed by atoms with E-state index >= 15 is 0 Å². The lowest BCUT2D eigenvalue weighted by Gasteiger charge is -1.98. The van der Waals surface area contributed by atoms with Gasteiger partial charge in [-0.25, -0.2) is 4.57 Å². The van der Waals surface area contributed by atoms with Crippen LogP contribution in [0.5, 0.6) is 0 Å². The lowest BCUT2D eigenvalue weighted by molar-refractivity contribution is -0.688. The fraction of sp³-hybridized carbons (Fsp3) is 0.0833. The Hall–Kier alpha value is -1.54. The number of aromatic nitrogens is 1. The van der Waals surface area contributed by atoms with Gasteiger partial charge in [-0.3, -0.25) is 0 Å². The highest BCUT2D eigenvalue weighted by atomic mass is 35.5. The van der Waals surface area contributed by atoms with E-state index in [1.54, 1.807) is 0 Å². The maximum atomic E-state index is 5.81. The van der Waals surface area contributed by atoms with Gasteiger partial charge in [0.2, 0.25) is 0 Å². The van der Waals surface area contributed by atoms with E-state index in [-0.39, 0.29) is 0 Å². The molecule has 0 saturated heterocycles. The van der Waals surface area contributed by atoms with Gasteiger partial charge in [-0.05, 0) is 12.1 Å². The van der Waals surface area contributed by atoms with E-state index in [9.17, 15) is 0 Å². The summed E-state index contributed by atoms with van der Waals surface area (Å²) in [7, 11) is 0. The van der Waals surface area contributed by atoms with Gasteiger partial charge in [0.05, 0.1) is 0 Å². The molecule has 0 unspecified atom stereocenters. The predicted molar refractivity (Wildman–Crippen MR) is 61.6 cm³/mol. The van der Waals surface area contributed by atoms with Crippen molar-refractivity contribution in [2.24, 2.45) is 0 Å². The standard InChI is InChI=1S/C12H11ClN2/c13-11-3-1-10(2-4-11)9-15-7-5-12(14)6-8-15/h1-8,14H,9H2/p+1. The van der Waals surface area contributed by atoms with E-state index in [1.807, 2.05) is 48.8 Å². The molecule has 2 nitrogen and oxygen atoms in total. The second kappa shape index (κ2) is 4.32. The van der Waals surface area contributed by atoms with E-state index in [1.165, 1.54) is 5.56 Å². The molecule has 0 spiro atoms. The normalized spacial score (nSPS) is 10.2. The number of hydrogen-bond donors (Lipinski definition) is 1. The van der Waals surface area contributed by atoms with Crippen LogP contribution in [0.2, 0.25) is 5.02 Å². The second-order valence-corrected chi connectivity index (χ2v) is 3.87. The van der Waals surface area contributed by atoms with Crippen LogP contribution in [-0.4, -0.2) is 0 Å². The Morgan fingerprint density at radius 3 is 2.20 bits per heavy atom. The van der Waals surface area contributed by atoms with Gasteiger partial charge in [0.25, 0.3) is 0 Å². The molecule has 76 valence electrons. The first-order valence-electron chi connectivity index (χ1n) is 4.73. The molecule has 0 radical (unpaired) electrons. The summed E-state index contributed by atoms with van der Waals surface area (Å²) in [4.78, 5) is 0. The first-order valence-corrected chi connectivity index (χ1v) is 5.11. The molecule has 15 heavy (non-hydrogen) atoms. The Labute approximate surface area is 93.9 Å². The lowest BCUT2D eigenvalue weighted by atomic mass is 10.2. The van der Waals surface area contributed by atoms with E-state index in [4.69, 9.17) is 17.3 Å². The average Bonchev–Trinajstić information content (AvgIpc) is 2.25. The number of hydrogen-bond acceptors (Lipinski definition) is 1. The maximum Gasteiger partial charge on any atom is 0.173 e. The Bertz CT molecular complexity index is 391. The lowest BCUT2D eigenvalue weighted by Crippen LogP contribution is -2.33. The summed E-state index contributed by atoms with van der Waals surface area (Å²) >= 11 is 5.81. The van der Waals surface area contributed by atoms with E-state index < -0.39 is 0 Å². The van der Waals surface area contributed by atoms with Gasteiger partial charge < -0.3 is 5.73 Å². The molecule has 1 aromatic heterocycles. The third kappa shape index (κ3) is 2.70. The number of nitrogen functional groups attached to an aromatic ring is 1. The smallest absolute Gasteiger partial charge is 0.173 e. The number of benzene rings is 1. The minimum atomic E-state index is 0.765. The number of pyridine rings is 1. The summed E-state index contributed by atoms with van der Waals surface area (Å²) in [5, 5.41) is 0.765. The molecule has 0 amide bonds. The first-order chi connectivity index (χ1) is 7.24. The number of nitrogens with two attached hydrogens (primary N) is 1. The van der Waals surface area contributed by atoms with Crippen molar-refractivity contribution in [3.63, 3.8) is 0 Å². The van der Waals surface area contributed by atoms with Crippen molar-refractivity contribution in [3.05, 3.63) is 59.4 Å². The zero-order valence-electron chi connectivity index (χ0n) is 8.23. The largest absolute Gasteiger partial charge is 0.398 e. The molecule has 0 aliphatic rings. The van der Waals surface area contributed by atoms with Crippen LogP contribution in [0, 0.1) is 0 Å². The third-order valence-electron chi connectivity index (χ3n) is 2.20. The van der Waals surface area contributed by atoms with Crippen LogP contribution in [0.1, 0.15) is 5.56 Å². The molecule has 0 saturated carbocycles. The van der Waals surface area contributed by atoms with Gasteiger partial charge in [0.1, 0.15) is 0 Å². The Kier molecular flexibility index (Phi) is 2.88. The summed E-state index contributed by atoms with van der Waals surface area (Å²) in [6.45, 7) is 0.831. The highest BCUT2D eigenvalue weighted by Gasteiger charge is 2.01. The molecule has 0 bridgehead atoms. The van der Waals surface area contributed by atoms with Crippen molar-refractivity contribution < 1.29 is 4.57 Å². The number of anilines is 1. The van der Waals surface area contributed by atoms with Gasteiger partial charge in [-0.1, -0.05) is 23.7 Å². The zero-order chi connectivity index (χ0) is 10.7. The Morgan fingerprint density at radius 1 is 1.00 bits per heavy atom. The van der Waals surface area contributed by atoms with Gasteiger partial charge in [0.15, 0.2) is 18.9 Å². The van der Waals surface area contributed by atoms with Crippen molar-refractivity contribution in [1.29, 1.82) is 0 Å². The molecular formula is C12H12ClN2+. The monoisotopic (exact) mass is 219 g/mol. The van der Waals surface area contributed by atoms with Crippen LogP contribution >= 0.6 is 11.6 Å².